The van der Waals surface area contributed by atoms with Gasteiger partial charge in [0.25, 0.3) is 0 Å². The molecule has 4 heterocycles. The number of benzene rings is 8. The lowest BCUT2D eigenvalue weighted by Crippen LogP contribution is -2.01. The molecule has 1 aliphatic rings. The Morgan fingerprint density at radius 1 is 0.436 bits per heavy atom. The van der Waals surface area contributed by atoms with Crippen LogP contribution in [0.25, 0.3) is 103 Å². The molecular formula is C50H29N3S2. The van der Waals surface area contributed by atoms with Crippen molar-refractivity contribution in [3.05, 3.63) is 176 Å². The molecule has 0 spiro atoms. The Labute approximate surface area is 325 Å². The molecule has 0 bridgehead atoms. The fourth-order valence-electron chi connectivity index (χ4n) is 8.59. The molecule has 0 saturated carbocycles. The van der Waals surface area contributed by atoms with Crippen molar-refractivity contribution in [1.29, 1.82) is 0 Å². The van der Waals surface area contributed by atoms with E-state index in [0.29, 0.717) is 0 Å². The molecular weight excluding hydrogens is 707 g/mol. The van der Waals surface area contributed by atoms with Crippen molar-refractivity contribution in [3.8, 4) is 50.6 Å². The van der Waals surface area contributed by atoms with Gasteiger partial charge in [-0.1, -0.05) is 151 Å². The van der Waals surface area contributed by atoms with Crippen LogP contribution in [0.15, 0.2) is 186 Å². The smallest absolute Gasteiger partial charge is 0.161 e. The van der Waals surface area contributed by atoms with Crippen molar-refractivity contribution in [2.45, 2.75) is 9.79 Å². The summed E-state index contributed by atoms with van der Waals surface area (Å²) in [6.45, 7) is 0. The van der Waals surface area contributed by atoms with Gasteiger partial charge in [-0.15, -0.1) is 11.3 Å². The van der Waals surface area contributed by atoms with E-state index in [4.69, 9.17) is 9.97 Å². The first-order chi connectivity index (χ1) is 27.3. The van der Waals surface area contributed by atoms with Gasteiger partial charge in [-0.05, 0) is 53.1 Å². The maximum absolute atomic E-state index is 5.48. The van der Waals surface area contributed by atoms with Gasteiger partial charge in [-0.2, -0.15) is 0 Å². The molecule has 0 atom stereocenters. The van der Waals surface area contributed by atoms with Gasteiger partial charge in [0.2, 0.25) is 0 Å². The van der Waals surface area contributed by atoms with E-state index in [1.807, 2.05) is 11.8 Å². The number of hydrogen-bond donors (Lipinski definition) is 0. The Morgan fingerprint density at radius 2 is 1.07 bits per heavy atom. The largest absolute Gasteiger partial charge is 0.309 e. The van der Waals surface area contributed by atoms with E-state index < -0.39 is 0 Å². The lowest BCUT2D eigenvalue weighted by molar-refractivity contribution is 1.19. The molecule has 5 heteroatoms. The standard InChI is InChI=1S/C50H29N3S2/c1-2-12-30(13-3-1)31-24-26-32(27-25-31)47-49-48(36-16-6-9-22-42(36)55-49)52-50(51-47)38-19-11-23-43-46(38)37-18-10-17-35-41(28-29-44(54-43)45(35)37)53-39-20-7-4-14-33(39)34-15-5-8-21-40(34)53/h1-29H. The molecule has 0 fully saturated rings. The minimum atomic E-state index is 0.745. The van der Waals surface area contributed by atoms with E-state index in [9.17, 15) is 0 Å². The average Bonchev–Trinajstić information content (AvgIpc) is 3.80. The SMILES string of the molecule is c1ccc(-c2ccc(-c3nc(-c4cccc5c4-c4cccc6c(-n7c8ccccc8c8ccccc87)ccc(c46)S5)nc4c3sc3ccccc34)cc2)cc1. The van der Waals surface area contributed by atoms with Crippen LogP contribution in [0, 0.1) is 0 Å². The van der Waals surface area contributed by atoms with Crippen LogP contribution in [0.4, 0.5) is 0 Å². The van der Waals surface area contributed by atoms with Crippen molar-refractivity contribution < 1.29 is 0 Å². The van der Waals surface area contributed by atoms with Crippen LogP contribution >= 0.6 is 23.1 Å². The second-order valence-electron chi connectivity index (χ2n) is 14.1. The molecule has 8 aromatic carbocycles. The average molecular weight is 736 g/mol. The second kappa shape index (κ2) is 12.0. The summed E-state index contributed by atoms with van der Waals surface area (Å²) in [6, 6.07) is 63.5. The van der Waals surface area contributed by atoms with Crippen LogP contribution in [0.5, 0.6) is 0 Å². The van der Waals surface area contributed by atoms with Crippen molar-refractivity contribution in [1.82, 2.24) is 14.5 Å². The van der Waals surface area contributed by atoms with Gasteiger partial charge in [0.15, 0.2) is 5.82 Å². The summed E-state index contributed by atoms with van der Waals surface area (Å²) in [5.41, 5.74) is 12.5. The summed E-state index contributed by atoms with van der Waals surface area (Å²) < 4.78 is 4.76. The summed E-state index contributed by atoms with van der Waals surface area (Å²) in [7, 11) is 0. The van der Waals surface area contributed by atoms with E-state index in [1.54, 1.807) is 11.3 Å². The highest BCUT2D eigenvalue weighted by Crippen LogP contribution is 2.52. The Hall–Kier alpha value is -6.53. The summed E-state index contributed by atoms with van der Waals surface area (Å²) in [6.07, 6.45) is 0. The van der Waals surface area contributed by atoms with E-state index in [1.165, 1.54) is 75.0 Å². The normalized spacial score (nSPS) is 12.3. The zero-order valence-corrected chi connectivity index (χ0v) is 31.0. The van der Waals surface area contributed by atoms with Crippen LogP contribution in [0.1, 0.15) is 0 Å². The van der Waals surface area contributed by atoms with E-state index >= 15 is 0 Å². The van der Waals surface area contributed by atoms with Crippen molar-refractivity contribution >= 4 is 76.0 Å². The zero-order valence-electron chi connectivity index (χ0n) is 29.4. The van der Waals surface area contributed by atoms with Gasteiger partial charge in [-0.3, -0.25) is 0 Å². The molecule has 12 rings (SSSR count). The van der Waals surface area contributed by atoms with Crippen LogP contribution in [0.2, 0.25) is 0 Å². The highest BCUT2D eigenvalue weighted by molar-refractivity contribution is 7.99. The number of fused-ring (bicyclic) bond motifs is 8. The minimum absolute atomic E-state index is 0.745. The molecule has 0 saturated heterocycles. The maximum atomic E-state index is 5.48. The van der Waals surface area contributed by atoms with Crippen LogP contribution in [-0.4, -0.2) is 14.5 Å². The predicted molar refractivity (Wildman–Crippen MR) is 233 cm³/mol. The molecule has 1 aliphatic heterocycles. The first-order valence-corrected chi connectivity index (χ1v) is 20.1. The Balaban J connectivity index is 1.09. The number of nitrogens with zero attached hydrogens (tertiary/aromatic N) is 3. The summed E-state index contributed by atoms with van der Waals surface area (Å²) >= 11 is 3.62. The molecule has 0 aliphatic carbocycles. The molecule has 0 N–H and O–H groups in total. The first-order valence-electron chi connectivity index (χ1n) is 18.5. The van der Waals surface area contributed by atoms with E-state index in [-0.39, 0.29) is 0 Å². The first kappa shape index (κ1) is 30.9. The van der Waals surface area contributed by atoms with Gasteiger partial charge in [-0.25, -0.2) is 9.97 Å². The predicted octanol–water partition coefficient (Wildman–Crippen LogP) is 14.2. The number of hydrogen-bond acceptors (Lipinski definition) is 4. The molecule has 0 unspecified atom stereocenters. The molecule has 3 nitrogen and oxygen atoms in total. The topological polar surface area (TPSA) is 30.7 Å². The Morgan fingerprint density at radius 3 is 1.87 bits per heavy atom. The van der Waals surface area contributed by atoms with Gasteiger partial charge in [0, 0.05) is 58.1 Å². The molecule has 256 valence electrons. The lowest BCUT2D eigenvalue weighted by Gasteiger charge is -2.24. The summed E-state index contributed by atoms with van der Waals surface area (Å²) in [5.74, 6) is 0.745. The number of rotatable bonds is 4. The van der Waals surface area contributed by atoms with Crippen LogP contribution < -0.4 is 0 Å². The fraction of sp³-hybridized carbons (Fsp3) is 0. The molecule has 0 radical (unpaired) electrons. The quantitative estimate of drug-likeness (QED) is 0.180. The van der Waals surface area contributed by atoms with Gasteiger partial charge < -0.3 is 4.57 Å². The highest BCUT2D eigenvalue weighted by Gasteiger charge is 2.26. The third-order valence-electron chi connectivity index (χ3n) is 11.0. The van der Waals surface area contributed by atoms with E-state index in [0.717, 1.165) is 38.2 Å². The van der Waals surface area contributed by atoms with E-state index in [2.05, 4.69) is 180 Å². The van der Waals surface area contributed by atoms with Crippen molar-refractivity contribution in [3.63, 3.8) is 0 Å². The van der Waals surface area contributed by atoms with Gasteiger partial charge in [0.1, 0.15) is 0 Å². The zero-order chi connectivity index (χ0) is 36.0. The third-order valence-corrected chi connectivity index (χ3v) is 13.3. The Bertz CT molecular complexity index is 3290. The van der Waals surface area contributed by atoms with Gasteiger partial charge >= 0.3 is 0 Å². The lowest BCUT2D eigenvalue weighted by atomic mass is 9.92. The third kappa shape index (κ3) is 4.64. The number of para-hydroxylation sites is 2. The van der Waals surface area contributed by atoms with Gasteiger partial charge in [0.05, 0.1) is 32.6 Å². The fourth-order valence-corrected chi connectivity index (χ4v) is 10.9. The molecule has 3 aromatic heterocycles. The van der Waals surface area contributed by atoms with Crippen molar-refractivity contribution in [2.24, 2.45) is 0 Å². The van der Waals surface area contributed by atoms with Crippen molar-refractivity contribution in [2.75, 3.05) is 0 Å². The van der Waals surface area contributed by atoms with Crippen LogP contribution in [-0.2, 0) is 0 Å². The Kier molecular flexibility index (Phi) is 6.73. The maximum Gasteiger partial charge on any atom is 0.161 e. The summed E-state index contributed by atoms with van der Waals surface area (Å²) in [5, 5.41) is 6.19. The summed E-state index contributed by atoms with van der Waals surface area (Å²) in [4.78, 5) is 13.4. The molecule has 55 heavy (non-hydrogen) atoms. The highest BCUT2D eigenvalue weighted by atomic mass is 32.2. The minimum Gasteiger partial charge on any atom is -0.309 e. The van der Waals surface area contributed by atoms with Crippen LogP contribution in [0.3, 0.4) is 0 Å². The molecule has 0 amide bonds. The number of aromatic nitrogens is 3. The molecule has 11 aromatic rings. The second-order valence-corrected chi connectivity index (χ2v) is 16.2. The number of thiophene rings is 1. The monoisotopic (exact) mass is 735 g/mol.